The molecule has 2 nitrogen and oxygen atoms in total. The van der Waals surface area contributed by atoms with Crippen molar-refractivity contribution in [3.63, 3.8) is 0 Å². The van der Waals surface area contributed by atoms with Gasteiger partial charge in [0.25, 0.3) is 0 Å². The molecule has 1 heterocycles. The SMILES string of the molecule is CCc1ccc(-c2ccn(C)n2)c(Cl)c1. The Morgan fingerprint density at radius 1 is 1.33 bits per heavy atom. The minimum atomic E-state index is 0.771. The van der Waals surface area contributed by atoms with Crippen molar-refractivity contribution in [1.82, 2.24) is 9.78 Å². The summed E-state index contributed by atoms with van der Waals surface area (Å²) in [4.78, 5) is 0. The summed E-state index contributed by atoms with van der Waals surface area (Å²) in [6.45, 7) is 2.12. The number of hydrogen-bond acceptors (Lipinski definition) is 1. The maximum Gasteiger partial charge on any atom is 0.0937 e. The average Bonchev–Trinajstić information content (AvgIpc) is 2.64. The van der Waals surface area contributed by atoms with Crippen LogP contribution in [0.2, 0.25) is 5.02 Å². The Hall–Kier alpha value is -1.28. The summed E-state index contributed by atoms with van der Waals surface area (Å²) in [5, 5.41) is 5.10. The van der Waals surface area contributed by atoms with Gasteiger partial charge in [-0.25, -0.2) is 0 Å². The molecule has 78 valence electrons. The largest absolute Gasteiger partial charge is 0.275 e. The standard InChI is InChI=1S/C12H13ClN2/c1-3-9-4-5-10(11(13)8-9)12-6-7-15(2)14-12/h4-8H,3H2,1-2H3. The Morgan fingerprint density at radius 2 is 2.13 bits per heavy atom. The van der Waals surface area contributed by atoms with Crippen LogP contribution < -0.4 is 0 Å². The molecule has 0 saturated carbocycles. The second-order valence-corrected chi connectivity index (χ2v) is 3.95. The van der Waals surface area contributed by atoms with E-state index in [0.717, 1.165) is 22.7 Å². The lowest BCUT2D eigenvalue weighted by atomic mass is 10.1. The quantitative estimate of drug-likeness (QED) is 0.760. The molecule has 0 fully saturated rings. The molecular formula is C12H13ClN2. The summed E-state index contributed by atoms with van der Waals surface area (Å²) < 4.78 is 1.78. The first-order valence-corrected chi connectivity index (χ1v) is 5.37. The zero-order chi connectivity index (χ0) is 10.8. The normalized spacial score (nSPS) is 10.6. The second kappa shape index (κ2) is 4.07. The first-order valence-electron chi connectivity index (χ1n) is 4.99. The highest BCUT2D eigenvalue weighted by Crippen LogP contribution is 2.27. The van der Waals surface area contributed by atoms with Crippen LogP contribution in [0.5, 0.6) is 0 Å². The van der Waals surface area contributed by atoms with Crippen molar-refractivity contribution in [3.05, 3.63) is 41.0 Å². The highest BCUT2D eigenvalue weighted by Gasteiger charge is 2.06. The molecular weight excluding hydrogens is 208 g/mol. The third kappa shape index (κ3) is 2.05. The monoisotopic (exact) mass is 220 g/mol. The van der Waals surface area contributed by atoms with E-state index in [4.69, 9.17) is 11.6 Å². The molecule has 0 N–H and O–H groups in total. The van der Waals surface area contributed by atoms with Gasteiger partial charge in [0, 0.05) is 18.8 Å². The molecule has 1 aromatic heterocycles. The minimum Gasteiger partial charge on any atom is -0.275 e. The molecule has 0 aliphatic carbocycles. The topological polar surface area (TPSA) is 17.8 Å². The molecule has 15 heavy (non-hydrogen) atoms. The Labute approximate surface area is 94.5 Å². The van der Waals surface area contributed by atoms with Gasteiger partial charge in [-0.3, -0.25) is 4.68 Å². The van der Waals surface area contributed by atoms with Gasteiger partial charge in [-0.05, 0) is 24.1 Å². The lowest BCUT2D eigenvalue weighted by Crippen LogP contribution is -1.89. The van der Waals surface area contributed by atoms with Crippen LogP contribution in [0.4, 0.5) is 0 Å². The predicted octanol–water partition coefficient (Wildman–Crippen LogP) is 3.30. The summed E-state index contributed by atoms with van der Waals surface area (Å²) in [6.07, 6.45) is 2.92. The van der Waals surface area contributed by atoms with Crippen molar-refractivity contribution in [3.8, 4) is 11.3 Å². The fourth-order valence-corrected chi connectivity index (χ4v) is 1.84. The lowest BCUT2D eigenvalue weighted by Gasteiger charge is -2.03. The van der Waals surface area contributed by atoms with Gasteiger partial charge < -0.3 is 0 Å². The highest BCUT2D eigenvalue weighted by molar-refractivity contribution is 6.33. The number of aromatic nitrogens is 2. The van der Waals surface area contributed by atoms with E-state index in [1.165, 1.54) is 5.56 Å². The van der Waals surface area contributed by atoms with Crippen LogP contribution in [0.1, 0.15) is 12.5 Å². The molecule has 0 amide bonds. The van der Waals surface area contributed by atoms with Gasteiger partial charge in [-0.15, -0.1) is 0 Å². The Bertz CT molecular complexity index is 474. The molecule has 3 heteroatoms. The van der Waals surface area contributed by atoms with Gasteiger partial charge in [0.05, 0.1) is 10.7 Å². The zero-order valence-corrected chi connectivity index (χ0v) is 9.62. The van der Waals surface area contributed by atoms with Gasteiger partial charge in [0.2, 0.25) is 0 Å². The molecule has 0 unspecified atom stereocenters. The maximum atomic E-state index is 6.20. The summed E-state index contributed by atoms with van der Waals surface area (Å²) in [6, 6.07) is 8.10. The lowest BCUT2D eigenvalue weighted by molar-refractivity contribution is 0.771. The third-order valence-electron chi connectivity index (χ3n) is 2.43. The van der Waals surface area contributed by atoms with Crippen molar-refractivity contribution in [2.45, 2.75) is 13.3 Å². The summed E-state index contributed by atoms with van der Waals surface area (Å²) in [5.41, 5.74) is 3.17. The zero-order valence-electron chi connectivity index (χ0n) is 8.87. The van der Waals surface area contributed by atoms with E-state index in [1.54, 1.807) is 4.68 Å². The second-order valence-electron chi connectivity index (χ2n) is 3.54. The summed E-state index contributed by atoms with van der Waals surface area (Å²) in [5.74, 6) is 0. The Kier molecular flexibility index (Phi) is 2.78. The van der Waals surface area contributed by atoms with Gasteiger partial charge >= 0.3 is 0 Å². The van der Waals surface area contributed by atoms with E-state index in [9.17, 15) is 0 Å². The van der Waals surface area contributed by atoms with E-state index >= 15 is 0 Å². The van der Waals surface area contributed by atoms with Crippen LogP contribution in [0.3, 0.4) is 0 Å². The Morgan fingerprint density at radius 3 is 2.67 bits per heavy atom. The summed E-state index contributed by atoms with van der Waals surface area (Å²) in [7, 11) is 1.90. The molecule has 0 atom stereocenters. The molecule has 0 spiro atoms. The number of nitrogens with zero attached hydrogens (tertiary/aromatic N) is 2. The van der Waals surface area contributed by atoms with Crippen molar-refractivity contribution in [1.29, 1.82) is 0 Å². The molecule has 1 aromatic carbocycles. The van der Waals surface area contributed by atoms with Gasteiger partial charge in [-0.1, -0.05) is 30.7 Å². The molecule has 2 aromatic rings. The number of rotatable bonds is 2. The molecule has 0 saturated heterocycles. The van der Waals surface area contributed by atoms with E-state index in [2.05, 4.69) is 18.1 Å². The first-order chi connectivity index (χ1) is 7.20. The molecule has 2 rings (SSSR count). The average molecular weight is 221 g/mol. The van der Waals surface area contributed by atoms with Gasteiger partial charge in [0.1, 0.15) is 0 Å². The van der Waals surface area contributed by atoms with E-state index in [1.807, 2.05) is 31.4 Å². The van der Waals surface area contributed by atoms with E-state index in [0.29, 0.717) is 0 Å². The molecule has 0 radical (unpaired) electrons. The fraction of sp³-hybridized carbons (Fsp3) is 0.250. The highest BCUT2D eigenvalue weighted by atomic mass is 35.5. The van der Waals surface area contributed by atoms with E-state index in [-0.39, 0.29) is 0 Å². The van der Waals surface area contributed by atoms with Crippen LogP contribution in [0, 0.1) is 0 Å². The minimum absolute atomic E-state index is 0.771. The molecule has 0 aliphatic rings. The number of halogens is 1. The van der Waals surface area contributed by atoms with Crippen LogP contribution >= 0.6 is 11.6 Å². The molecule has 0 bridgehead atoms. The fourth-order valence-electron chi connectivity index (χ4n) is 1.54. The van der Waals surface area contributed by atoms with Crippen LogP contribution in [-0.4, -0.2) is 9.78 Å². The smallest absolute Gasteiger partial charge is 0.0937 e. The van der Waals surface area contributed by atoms with Crippen molar-refractivity contribution in [2.75, 3.05) is 0 Å². The van der Waals surface area contributed by atoms with Crippen LogP contribution in [-0.2, 0) is 13.5 Å². The number of benzene rings is 1. The van der Waals surface area contributed by atoms with Crippen molar-refractivity contribution < 1.29 is 0 Å². The van der Waals surface area contributed by atoms with Crippen molar-refractivity contribution >= 4 is 11.6 Å². The molecule has 0 aliphatic heterocycles. The van der Waals surface area contributed by atoms with Gasteiger partial charge in [-0.2, -0.15) is 5.10 Å². The predicted molar refractivity (Wildman–Crippen MR) is 63.0 cm³/mol. The maximum absolute atomic E-state index is 6.20. The first kappa shape index (κ1) is 10.2. The van der Waals surface area contributed by atoms with E-state index < -0.39 is 0 Å². The number of aryl methyl sites for hydroxylation is 2. The van der Waals surface area contributed by atoms with Crippen LogP contribution in [0.25, 0.3) is 11.3 Å². The van der Waals surface area contributed by atoms with Crippen molar-refractivity contribution in [2.24, 2.45) is 7.05 Å². The summed E-state index contributed by atoms with van der Waals surface area (Å²) >= 11 is 6.20. The third-order valence-corrected chi connectivity index (χ3v) is 2.74. The Balaban J connectivity index is 2.45. The van der Waals surface area contributed by atoms with Gasteiger partial charge in [0.15, 0.2) is 0 Å². The number of hydrogen-bond donors (Lipinski definition) is 0. The van der Waals surface area contributed by atoms with Crippen LogP contribution in [0.15, 0.2) is 30.5 Å².